The molecule has 1 aromatic rings. The van der Waals surface area contributed by atoms with E-state index in [1.54, 1.807) is 72.7 Å². The second-order valence-corrected chi connectivity index (χ2v) is 21.6. The summed E-state index contributed by atoms with van der Waals surface area (Å²) in [6, 6.07) is 8.49. The van der Waals surface area contributed by atoms with Crippen molar-refractivity contribution in [2.75, 3.05) is 33.1 Å². The molecule has 18 heteroatoms. The summed E-state index contributed by atoms with van der Waals surface area (Å²) >= 11 is 0. The van der Waals surface area contributed by atoms with E-state index in [2.05, 4.69) is 17.4 Å². The number of ether oxygens (including phenoxy) is 8. The molecule has 0 aliphatic carbocycles. The number of rotatable bonds is 18. The summed E-state index contributed by atoms with van der Waals surface area (Å²) < 4.78 is 51.2. The Balaban J connectivity index is 1.89. The van der Waals surface area contributed by atoms with Crippen LogP contribution in [0, 0.1) is 23.7 Å². The summed E-state index contributed by atoms with van der Waals surface area (Å²) in [6.45, 7) is 21.0. The highest BCUT2D eigenvalue weighted by Crippen LogP contribution is 2.42. The van der Waals surface area contributed by atoms with Crippen LogP contribution in [0.1, 0.15) is 147 Å². The Morgan fingerprint density at radius 1 is 0.861 bits per heavy atom. The van der Waals surface area contributed by atoms with Crippen LogP contribution >= 0.6 is 0 Å². The number of methoxy groups -OCH3 is 1. The fraction of sp³-hybridized carbons (Fsp3) is 0.815. The molecule has 0 aromatic heterocycles. The first kappa shape index (κ1) is 61.1. The predicted octanol–water partition coefficient (Wildman–Crippen LogP) is 7.78. The summed E-state index contributed by atoms with van der Waals surface area (Å²) in [4.78, 5) is 48.7. The summed E-state index contributed by atoms with van der Waals surface area (Å²) in [7, 11) is 5.26. The van der Waals surface area contributed by atoms with Crippen LogP contribution in [0.3, 0.4) is 0 Å². The number of nitrogens with one attached hydrogen (secondary N) is 1. The van der Waals surface area contributed by atoms with Gasteiger partial charge in [-0.25, -0.2) is 4.79 Å². The molecule has 3 aliphatic rings. The summed E-state index contributed by atoms with van der Waals surface area (Å²) in [5.41, 5.74) is -4.00. The van der Waals surface area contributed by atoms with E-state index in [1.807, 2.05) is 38.9 Å². The Hall–Kier alpha value is -3.46. The maximum atomic E-state index is 14.7. The first-order valence-electron chi connectivity index (χ1n) is 26.4. The number of carbonyl (C=O) groups is 3. The highest BCUT2D eigenvalue weighted by molar-refractivity contribution is 5.89. The molecule has 0 spiro atoms. The van der Waals surface area contributed by atoms with Crippen LogP contribution in [0.5, 0.6) is 0 Å². The number of nitrogens with zero attached hydrogens (tertiary/aromatic N) is 2. The van der Waals surface area contributed by atoms with Crippen molar-refractivity contribution >= 4 is 29.4 Å². The number of oxime groups is 1. The van der Waals surface area contributed by atoms with E-state index < -0.39 is 126 Å². The molecule has 72 heavy (non-hydrogen) atoms. The highest BCUT2D eigenvalue weighted by Gasteiger charge is 2.54. The van der Waals surface area contributed by atoms with Crippen LogP contribution in [0.15, 0.2) is 35.5 Å². The van der Waals surface area contributed by atoms with Crippen molar-refractivity contribution in [3.63, 3.8) is 0 Å². The molecule has 0 saturated carbocycles. The molecule has 0 radical (unpaired) electrons. The van der Waals surface area contributed by atoms with E-state index in [-0.39, 0.29) is 19.3 Å². The van der Waals surface area contributed by atoms with Crippen molar-refractivity contribution in [1.82, 2.24) is 4.90 Å². The van der Waals surface area contributed by atoms with Gasteiger partial charge in [0.15, 0.2) is 24.8 Å². The second kappa shape index (κ2) is 27.4. The van der Waals surface area contributed by atoms with Crippen LogP contribution in [-0.4, -0.2) is 156 Å². The SMILES string of the molecule is CCCCCCCCO/N=C1\[C@H](C)C[C@](C)(O)[C@H](O[C@@H]2O[C@H](C)C[C@H](N(C)C)[C@H]2OC(=O)Nc2ccccc2)[C@@H](C)[C@@H](O[C@H]2C[C@@](C)(OC)[C@@H](OC(C)=O)[C@H](C)O2)[C@@H](C)C(=O)O[C@@H](CC)[C@@](C)(O)[C@H](O)[C@@H]1C. The third-order valence-corrected chi connectivity index (χ3v) is 15.1. The van der Waals surface area contributed by atoms with Gasteiger partial charge in [-0.3, -0.25) is 14.9 Å². The monoisotopic (exact) mass is 1020 g/mol. The molecule has 0 bridgehead atoms. The minimum Gasteiger partial charge on any atom is -0.459 e. The molecule has 412 valence electrons. The molecule has 4 N–H and O–H groups in total. The third-order valence-electron chi connectivity index (χ3n) is 15.1. The third kappa shape index (κ3) is 16.0. The average molecular weight is 1020 g/mol. The molecular formula is C54H91N3O15. The smallest absolute Gasteiger partial charge is 0.412 e. The van der Waals surface area contributed by atoms with Crippen LogP contribution < -0.4 is 5.32 Å². The van der Waals surface area contributed by atoms with Crippen LogP contribution in [0.4, 0.5) is 10.5 Å². The molecule has 3 saturated heterocycles. The van der Waals surface area contributed by atoms with E-state index in [9.17, 15) is 29.7 Å². The Morgan fingerprint density at radius 3 is 2.12 bits per heavy atom. The predicted molar refractivity (Wildman–Crippen MR) is 272 cm³/mol. The van der Waals surface area contributed by atoms with Gasteiger partial charge in [-0.1, -0.05) is 83.7 Å². The number of likely N-dealkylation sites (N-methyl/N-ethyl adjacent to an activating group) is 1. The van der Waals surface area contributed by atoms with Crippen molar-refractivity contribution < 1.29 is 72.4 Å². The van der Waals surface area contributed by atoms with Crippen molar-refractivity contribution in [3.8, 4) is 0 Å². The second-order valence-electron chi connectivity index (χ2n) is 21.6. The summed E-state index contributed by atoms with van der Waals surface area (Å²) in [5.74, 6) is -4.78. The maximum absolute atomic E-state index is 14.7. The van der Waals surface area contributed by atoms with E-state index in [0.717, 1.165) is 38.5 Å². The molecule has 1 amide bonds. The first-order chi connectivity index (χ1) is 33.8. The number of esters is 2. The number of aliphatic hydroxyl groups is 3. The Kier molecular flexibility index (Phi) is 23.2. The zero-order valence-corrected chi connectivity index (χ0v) is 46.0. The number of unbranched alkanes of at least 4 members (excludes halogenated alkanes) is 5. The van der Waals surface area contributed by atoms with Crippen molar-refractivity contribution in [2.45, 2.75) is 232 Å². The number of hydrogen-bond donors (Lipinski definition) is 4. The lowest BCUT2D eigenvalue weighted by Gasteiger charge is -2.49. The van der Waals surface area contributed by atoms with Gasteiger partial charge in [0.1, 0.15) is 23.9 Å². The van der Waals surface area contributed by atoms with Gasteiger partial charge < -0.3 is 63.0 Å². The van der Waals surface area contributed by atoms with Crippen LogP contribution in [0.25, 0.3) is 0 Å². The molecule has 4 rings (SSSR count). The van der Waals surface area contributed by atoms with E-state index in [4.69, 9.17) is 42.7 Å². The number of aliphatic hydroxyl groups excluding tert-OH is 1. The van der Waals surface area contributed by atoms with E-state index in [0.29, 0.717) is 24.4 Å². The lowest BCUT2D eigenvalue weighted by atomic mass is 9.73. The Morgan fingerprint density at radius 2 is 1.51 bits per heavy atom. The summed E-state index contributed by atoms with van der Waals surface area (Å²) in [6.07, 6.45) is -4.28. The molecular weight excluding hydrogens is 931 g/mol. The van der Waals surface area contributed by atoms with Gasteiger partial charge in [-0.15, -0.1) is 0 Å². The van der Waals surface area contributed by atoms with Gasteiger partial charge in [0.25, 0.3) is 0 Å². The van der Waals surface area contributed by atoms with Crippen molar-refractivity contribution in [3.05, 3.63) is 30.3 Å². The van der Waals surface area contributed by atoms with Gasteiger partial charge in [0.05, 0.1) is 53.8 Å². The number of anilines is 1. The number of benzene rings is 1. The number of amides is 1. The normalized spacial score (nSPS) is 38.9. The largest absolute Gasteiger partial charge is 0.459 e. The fourth-order valence-corrected chi connectivity index (χ4v) is 11.0. The molecule has 3 fully saturated rings. The standard InChI is InChI=1S/C54H91N3O15/c1-16-18-19-20-21-25-28-65-56-43-32(3)30-52(10,62)47(72-50-45(40(57(13)14)29-33(4)66-50)71-51(61)55-39-26-23-22-24-27-39)35(6)44(36(7)49(60)69-41(17-2)54(12,63)46(59)34(43)5)70-42-31-53(11,64-15)48(37(8)67-42)68-38(9)58/h22-24,26-27,32-37,40-42,44-48,50,59,62-63H,16-21,25,28-31H2,1-15H3,(H,55,61)/b56-43+/t32-,33-,34-,35+,36-,37+,40+,41+,42+,44-,45-,46-,47-,48+,50+,52+,53-,54-/m1/s1. The lowest BCUT2D eigenvalue weighted by molar-refractivity contribution is -0.318. The molecule has 18 atom stereocenters. The quantitative estimate of drug-likeness (QED) is 0.0477. The number of cyclic esters (lactones) is 1. The van der Waals surface area contributed by atoms with Crippen molar-refractivity contribution in [2.24, 2.45) is 28.8 Å². The van der Waals surface area contributed by atoms with Crippen molar-refractivity contribution in [1.29, 1.82) is 0 Å². The molecule has 3 heterocycles. The minimum atomic E-state index is -1.97. The van der Waals surface area contributed by atoms with E-state index >= 15 is 0 Å². The Bertz CT molecular complexity index is 1870. The number of carbonyl (C=O) groups excluding carboxylic acids is 3. The highest BCUT2D eigenvalue weighted by atomic mass is 16.7. The van der Waals surface area contributed by atoms with Crippen LogP contribution in [-0.2, 0) is 52.3 Å². The van der Waals surface area contributed by atoms with Crippen LogP contribution in [0.2, 0.25) is 0 Å². The van der Waals surface area contributed by atoms with Gasteiger partial charge in [-0.2, -0.15) is 0 Å². The zero-order valence-electron chi connectivity index (χ0n) is 46.0. The zero-order chi connectivity index (χ0) is 53.7. The first-order valence-corrected chi connectivity index (χ1v) is 26.4. The number of hydrogen-bond acceptors (Lipinski definition) is 17. The van der Waals surface area contributed by atoms with Gasteiger partial charge in [-0.05, 0) is 99.9 Å². The topological polar surface area (TPSA) is 223 Å². The lowest BCUT2D eigenvalue weighted by Crippen LogP contribution is -2.62. The minimum absolute atomic E-state index is 0.0364. The molecule has 1 aromatic carbocycles. The average Bonchev–Trinajstić information content (AvgIpc) is 3.31. The maximum Gasteiger partial charge on any atom is 0.412 e. The van der Waals surface area contributed by atoms with Gasteiger partial charge >= 0.3 is 18.0 Å². The summed E-state index contributed by atoms with van der Waals surface area (Å²) in [5, 5.41) is 45.0. The molecule has 18 nitrogen and oxygen atoms in total. The molecule has 3 aliphatic heterocycles. The van der Waals surface area contributed by atoms with E-state index in [1.165, 1.54) is 21.0 Å². The van der Waals surface area contributed by atoms with Gasteiger partial charge in [0.2, 0.25) is 0 Å². The molecule has 0 unspecified atom stereocenters. The Labute approximate surface area is 429 Å². The fourth-order valence-electron chi connectivity index (χ4n) is 11.0. The van der Waals surface area contributed by atoms with Gasteiger partial charge in [0, 0.05) is 43.9 Å². The number of para-hydroxylation sites is 1.